The zero-order valence-electron chi connectivity index (χ0n) is 22.5. The molecule has 1 aliphatic rings. The number of amides is 1. The number of piperidine rings is 1. The summed E-state index contributed by atoms with van der Waals surface area (Å²) in [5.41, 5.74) is 0.427. The van der Waals surface area contributed by atoms with Crippen molar-refractivity contribution in [3.8, 4) is 0 Å². The zero-order chi connectivity index (χ0) is 29.9. The monoisotopic (exact) mass is 636 g/mol. The number of carboxylic acid groups (broad SMARTS) is 1. The molecule has 4 rings (SSSR count). The summed E-state index contributed by atoms with van der Waals surface area (Å²) in [6.07, 6.45) is 0.280. The van der Waals surface area contributed by atoms with Crippen molar-refractivity contribution >= 4 is 56.7 Å². The van der Waals surface area contributed by atoms with Gasteiger partial charge in [-0.15, -0.1) is 0 Å². The standard InChI is InChI=1S/C30H31Cl3N2O5S/c1-18(28-23(20-6-5-7-22(32)15-20)16-30(2,17-27(36)37)29(38)34-28)14-25(19-10-12-21(31)13-11-19)35-41(39,40)26-9-4-3-8-24(26)33/h3-13,15,18,23,25,28,35H,14,16-17H2,1-2H3,(H,34,38)(H,36,37)/t18?,23-,25+,28+,30+/m1/s1. The van der Waals surface area contributed by atoms with Crippen molar-refractivity contribution in [3.63, 3.8) is 0 Å². The van der Waals surface area contributed by atoms with E-state index in [1.807, 2.05) is 25.1 Å². The maximum atomic E-state index is 13.5. The van der Waals surface area contributed by atoms with Crippen molar-refractivity contribution in [1.82, 2.24) is 10.0 Å². The number of hydrogen-bond donors (Lipinski definition) is 3. The van der Waals surface area contributed by atoms with Crippen molar-refractivity contribution in [2.75, 3.05) is 0 Å². The van der Waals surface area contributed by atoms with Gasteiger partial charge in [0.1, 0.15) is 4.90 Å². The highest BCUT2D eigenvalue weighted by Gasteiger charge is 2.47. The van der Waals surface area contributed by atoms with Crippen molar-refractivity contribution in [3.05, 3.63) is 99.0 Å². The third-order valence-corrected chi connectivity index (χ3v) is 10.1. The number of hydrogen-bond acceptors (Lipinski definition) is 4. The summed E-state index contributed by atoms with van der Waals surface area (Å²) in [4.78, 5) is 24.9. The highest BCUT2D eigenvalue weighted by molar-refractivity contribution is 7.89. The average Bonchev–Trinajstić information content (AvgIpc) is 2.89. The van der Waals surface area contributed by atoms with Crippen LogP contribution >= 0.6 is 34.8 Å². The zero-order valence-corrected chi connectivity index (χ0v) is 25.6. The van der Waals surface area contributed by atoms with Crippen LogP contribution in [0.3, 0.4) is 0 Å². The highest BCUT2D eigenvalue weighted by atomic mass is 35.5. The first kappa shape index (κ1) is 31.3. The number of nitrogens with one attached hydrogen (secondary N) is 2. The van der Waals surface area contributed by atoms with E-state index in [2.05, 4.69) is 10.0 Å². The van der Waals surface area contributed by atoms with Crippen LogP contribution < -0.4 is 10.0 Å². The summed E-state index contributed by atoms with van der Waals surface area (Å²) in [6.45, 7) is 3.60. The molecule has 218 valence electrons. The molecule has 1 aliphatic heterocycles. The number of rotatable bonds is 10. The molecule has 0 saturated carbocycles. The fraction of sp³-hybridized carbons (Fsp3) is 0.333. The SMILES string of the molecule is CC(C[C@H](NS(=O)(=O)c1ccccc1Cl)c1ccc(Cl)cc1)[C@@H]1NC(=O)[C@](C)(CC(=O)O)C[C@@H]1c1cccc(Cl)c1. The van der Waals surface area contributed by atoms with Gasteiger partial charge in [0.15, 0.2) is 0 Å². The molecule has 0 aromatic heterocycles. The van der Waals surface area contributed by atoms with Gasteiger partial charge in [-0.2, -0.15) is 0 Å². The van der Waals surface area contributed by atoms with Crippen molar-refractivity contribution in [2.45, 2.75) is 56.0 Å². The number of benzene rings is 3. The minimum absolute atomic E-state index is 0.0412. The largest absolute Gasteiger partial charge is 0.481 e. The topological polar surface area (TPSA) is 113 Å². The van der Waals surface area contributed by atoms with Crippen LogP contribution in [0.25, 0.3) is 0 Å². The summed E-state index contributed by atoms with van der Waals surface area (Å²) in [7, 11) is -4.02. The maximum absolute atomic E-state index is 13.5. The molecule has 0 radical (unpaired) electrons. The molecule has 7 nitrogen and oxygen atoms in total. The van der Waals surface area contributed by atoms with Gasteiger partial charge in [0.05, 0.1) is 16.9 Å². The van der Waals surface area contributed by atoms with Crippen LogP contribution in [0, 0.1) is 11.3 Å². The molecule has 0 bridgehead atoms. The molecule has 1 heterocycles. The molecule has 0 spiro atoms. The smallest absolute Gasteiger partial charge is 0.304 e. The van der Waals surface area contributed by atoms with Crippen molar-refractivity contribution in [2.24, 2.45) is 11.3 Å². The third-order valence-electron chi connectivity index (χ3n) is 7.68. The number of carboxylic acids is 1. The molecule has 1 saturated heterocycles. The Kier molecular flexibility index (Phi) is 9.71. The van der Waals surface area contributed by atoms with Crippen LogP contribution in [0.5, 0.6) is 0 Å². The van der Waals surface area contributed by atoms with E-state index < -0.39 is 33.5 Å². The lowest BCUT2D eigenvalue weighted by Crippen LogP contribution is -2.56. The molecule has 1 amide bonds. The molecule has 3 N–H and O–H groups in total. The van der Waals surface area contributed by atoms with Crippen LogP contribution in [0.1, 0.15) is 56.2 Å². The lowest BCUT2D eigenvalue weighted by Gasteiger charge is -2.45. The van der Waals surface area contributed by atoms with Gasteiger partial charge in [-0.25, -0.2) is 13.1 Å². The number of aliphatic carboxylic acids is 1. The summed E-state index contributed by atoms with van der Waals surface area (Å²) < 4.78 is 29.7. The normalized spacial score (nSPS) is 22.5. The van der Waals surface area contributed by atoms with Crippen LogP contribution in [0.4, 0.5) is 0 Å². The fourth-order valence-corrected chi connectivity index (χ4v) is 7.68. The van der Waals surface area contributed by atoms with Crippen LogP contribution in [0.2, 0.25) is 15.1 Å². The number of halogens is 3. The van der Waals surface area contributed by atoms with Gasteiger partial charge >= 0.3 is 5.97 Å². The van der Waals surface area contributed by atoms with Crippen LogP contribution in [-0.2, 0) is 19.6 Å². The minimum atomic E-state index is -4.02. The van der Waals surface area contributed by atoms with Crippen molar-refractivity contribution < 1.29 is 23.1 Å². The molecule has 1 unspecified atom stereocenters. The second-order valence-electron chi connectivity index (χ2n) is 10.9. The Morgan fingerprint density at radius 1 is 1.05 bits per heavy atom. The number of sulfonamides is 1. The van der Waals surface area contributed by atoms with E-state index in [4.69, 9.17) is 34.8 Å². The van der Waals surface area contributed by atoms with E-state index in [1.165, 1.54) is 12.1 Å². The van der Waals surface area contributed by atoms with Crippen LogP contribution in [-0.4, -0.2) is 31.4 Å². The summed E-state index contributed by atoms with van der Waals surface area (Å²) >= 11 is 18.7. The Morgan fingerprint density at radius 3 is 2.37 bits per heavy atom. The summed E-state index contributed by atoms with van der Waals surface area (Å²) in [5, 5.41) is 13.7. The quantitative estimate of drug-likeness (QED) is 0.225. The molecule has 5 atom stereocenters. The Bertz CT molecular complexity index is 1530. The van der Waals surface area contributed by atoms with Gasteiger partial charge < -0.3 is 10.4 Å². The second kappa shape index (κ2) is 12.7. The van der Waals surface area contributed by atoms with Gasteiger partial charge in [0.2, 0.25) is 15.9 Å². The first-order valence-corrected chi connectivity index (χ1v) is 15.7. The Hall–Kier alpha value is -2.62. The predicted molar refractivity (Wildman–Crippen MR) is 161 cm³/mol. The molecule has 3 aromatic rings. The molecule has 3 aromatic carbocycles. The summed E-state index contributed by atoms with van der Waals surface area (Å²) in [6, 6.07) is 19.3. The van der Waals surface area contributed by atoms with Gasteiger partial charge in [0.25, 0.3) is 0 Å². The third kappa shape index (κ3) is 7.43. The van der Waals surface area contributed by atoms with E-state index in [9.17, 15) is 23.1 Å². The average molecular weight is 638 g/mol. The first-order chi connectivity index (χ1) is 19.3. The molecule has 1 fully saturated rings. The second-order valence-corrected chi connectivity index (χ2v) is 13.8. The van der Waals surface area contributed by atoms with Crippen LogP contribution in [0.15, 0.2) is 77.7 Å². The van der Waals surface area contributed by atoms with E-state index >= 15 is 0 Å². The molecular formula is C30H31Cl3N2O5S. The lowest BCUT2D eigenvalue weighted by molar-refractivity contribution is -0.147. The Labute approximate surface area is 255 Å². The van der Waals surface area contributed by atoms with E-state index in [-0.39, 0.29) is 40.5 Å². The fourth-order valence-electron chi connectivity index (χ4n) is 5.60. The predicted octanol–water partition coefficient (Wildman–Crippen LogP) is 6.85. The minimum Gasteiger partial charge on any atom is -0.481 e. The maximum Gasteiger partial charge on any atom is 0.304 e. The van der Waals surface area contributed by atoms with E-state index in [0.29, 0.717) is 22.0 Å². The van der Waals surface area contributed by atoms with E-state index in [0.717, 1.165) is 5.56 Å². The van der Waals surface area contributed by atoms with Gasteiger partial charge in [0, 0.05) is 28.0 Å². The molecular weight excluding hydrogens is 607 g/mol. The Morgan fingerprint density at radius 2 is 1.73 bits per heavy atom. The van der Waals surface area contributed by atoms with Gasteiger partial charge in [-0.05, 0) is 66.3 Å². The lowest BCUT2D eigenvalue weighted by atomic mass is 9.67. The summed E-state index contributed by atoms with van der Waals surface area (Å²) in [5.74, 6) is -1.94. The highest BCUT2D eigenvalue weighted by Crippen LogP contribution is 2.44. The molecule has 0 aliphatic carbocycles. The molecule has 11 heteroatoms. The van der Waals surface area contributed by atoms with E-state index in [1.54, 1.807) is 49.4 Å². The van der Waals surface area contributed by atoms with Crippen molar-refractivity contribution in [1.29, 1.82) is 0 Å². The van der Waals surface area contributed by atoms with Gasteiger partial charge in [-0.1, -0.05) is 85.0 Å². The number of carbonyl (C=O) groups is 2. The molecule has 41 heavy (non-hydrogen) atoms. The first-order valence-electron chi connectivity index (χ1n) is 13.1. The number of carbonyl (C=O) groups excluding carboxylic acids is 1. The Balaban J connectivity index is 1.69. The van der Waals surface area contributed by atoms with Gasteiger partial charge in [-0.3, -0.25) is 9.59 Å².